The third-order valence-corrected chi connectivity index (χ3v) is 5.67. The topological polar surface area (TPSA) is 74.5 Å². The van der Waals surface area contributed by atoms with Gasteiger partial charge in [-0.1, -0.05) is 36.7 Å². The average Bonchev–Trinajstić information content (AvgIpc) is 3.24. The maximum absolute atomic E-state index is 12.5. The van der Waals surface area contributed by atoms with Crippen LogP contribution in [0, 0.1) is 0 Å². The maximum atomic E-state index is 12.5. The lowest BCUT2D eigenvalue weighted by Crippen LogP contribution is -2.48. The van der Waals surface area contributed by atoms with E-state index in [9.17, 15) is 4.79 Å². The number of rotatable bonds is 7. The first-order valence-electron chi connectivity index (χ1n) is 10.5. The second kappa shape index (κ2) is 10.0. The number of para-hydroxylation sites is 1. The molecule has 7 nitrogen and oxygen atoms in total. The van der Waals surface area contributed by atoms with E-state index < -0.39 is 0 Å². The number of aryl methyl sites for hydroxylation is 1. The Bertz CT molecular complexity index is 1010. The molecule has 1 N–H and O–H groups in total. The van der Waals surface area contributed by atoms with Gasteiger partial charge in [-0.15, -0.1) is 10.2 Å². The zero-order valence-corrected chi connectivity index (χ0v) is 18.3. The molecule has 1 aromatic heterocycles. The highest BCUT2D eigenvalue weighted by molar-refractivity contribution is 6.30. The van der Waals surface area contributed by atoms with Crippen molar-refractivity contribution in [3.05, 3.63) is 65.0 Å². The largest absolute Gasteiger partial charge is 0.419 e. The molecule has 0 saturated carbocycles. The molecule has 0 aliphatic carbocycles. The summed E-state index contributed by atoms with van der Waals surface area (Å²) in [5, 5.41) is 12.0. The van der Waals surface area contributed by atoms with Crippen LogP contribution in [0.4, 0.5) is 5.69 Å². The van der Waals surface area contributed by atoms with Crippen LogP contribution in [0.2, 0.25) is 5.02 Å². The van der Waals surface area contributed by atoms with E-state index in [1.54, 1.807) is 12.1 Å². The SMILES string of the molecule is CCc1ccccc1NC(=O)CN1CCN(Cc2nnc(-c3ccc(Cl)cc3)o2)CC1. The molecule has 0 spiro atoms. The van der Waals surface area contributed by atoms with E-state index in [0.29, 0.717) is 29.9 Å². The van der Waals surface area contributed by atoms with Crippen molar-refractivity contribution in [3.8, 4) is 11.5 Å². The van der Waals surface area contributed by atoms with Gasteiger partial charge in [-0.25, -0.2) is 0 Å². The maximum Gasteiger partial charge on any atom is 0.247 e. The molecule has 1 amide bonds. The smallest absolute Gasteiger partial charge is 0.247 e. The van der Waals surface area contributed by atoms with Crippen molar-refractivity contribution in [2.75, 3.05) is 38.0 Å². The fraction of sp³-hybridized carbons (Fsp3) is 0.348. The molecule has 0 unspecified atom stereocenters. The molecule has 0 radical (unpaired) electrons. The average molecular weight is 440 g/mol. The number of amides is 1. The van der Waals surface area contributed by atoms with Crippen molar-refractivity contribution in [1.82, 2.24) is 20.0 Å². The second-order valence-electron chi connectivity index (χ2n) is 7.62. The first-order chi connectivity index (χ1) is 15.1. The Morgan fingerprint density at radius 1 is 1.03 bits per heavy atom. The summed E-state index contributed by atoms with van der Waals surface area (Å²) in [5.74, 6) is 1.11. The van der Waals surface area contributed by atoms with Gasteiger partial charge in [-0.3, -0.25) is 14.6 Å². The Hall–Kier alpha value is -2.74. The van der Waals surface area contributed by atoms with E-state index in [1.807, 2.05) is 36.4 Å². The summed E-state index contributed by atoms with van der Waals surface area (Å²) in [6.07, 6.45) is 0.893. The summed E-state index contributed by atoms with van der Waals surface area (Å²) in [6, 6.07) is 15.3. The Balaban J connectivity index is 1.24. The summed E-state index contributed by atoms with van der Waals surface area (Å²) in [4.78, 5) is 16.9. The minimum atomic E-state index is 0.0267. The van der Waals surface area contributed by atoms with Crippen LogP contribution in [0.5, 0.6) is 0 Å². The van der Waals surface area contributed by atoms with Gasteiger partial charge in [0, 0.05) is 42.5 Å². The molecule has 3 aromatic rings. The summed E-state index contributed by atoms with van der Waals surface area (Å²) >= 11 is 5.93. The number of aromatic nitrogens is 2. The summed E-state index contributed by atoms with van der Waals surface area (Å²) in [5.41, 5.74) is 2.91. The lowest BCUT2D eigenvalue weighted by atomic mass is 10.1. The molecule has 2 aromatic carbocycles. The molecule has 4 rings (SSSR count). The van der Waals surface area contributed by atoms with Gasteiger partial charge in [-0.2, -0.15) is 0 Å². The van der Waals surface area contributed by atoms with Crippen molar-refractivity contribution in [1.29, 1.82) is 0 Å². The number of halogens is 1. The molecule has 8 heteroatoms. The molecule has 1 aliphatic heterocycles. The van der Waals surface area contributed by atoms with Crippen LogP contribution >= 0.6 is 11.6 Å². The quantitative estimate of drug-likeness (QED) is 0.605. The number of carbonyl (C=O) groups is 1. The fourth-order valence-corrected chi connectivity index (χ4v) is 3.79. The summed E-state index contributed by atoms with van der Waals surface area (Å²) in [7, 11) is 0. The number of hydrogen-bond donors (Lipinski definition) is 1. The van der Waals surface area contributed by atoms with Crippen LogP contribution in [-0.4, -0.2) is 58.6 Å². The molecule has 162 valence electrons. The van der Waals surface area contributed by atoms with E-state index in [1.165, 1.54) is 0 Å². The highest BCUT2D eigenvalue weighted by atomic mass is 35.5. The number of benzene rings is 2. The van der Waals surface area contributed by atoms with E-state index in [0.717, 1.165) is 49.4 Å². The van der Waals surface area contributed by atoms with Gasteiger partial charge in [0.1, 0.15) is 0 Å². The number of carbonyl (C=O) groups excluding carboxylic acids is 1. The molecule has 0 bridgehead atoms. The van der Waals surface area contributed by atoms with Crippen molar-refractivity contribution < 1.29 is 9.21 Å². The first kappa shape index (κ1) is 21.5. The van der Waals surface area contributed by atoms with Crippen LogP contribution in [0.15, 0.2) is 52.9 Å². The molecule has 1 fully saturated rings. The molecule has 1 aliphatic rings. The fourth-order valence-electron chi connectivity index (χ4n) is 3.67. The predicted molar refractivity (Wildman–Crippen MR) is 121 cm³/mol. The lowest BCUT2D eigenvalue weighted by molar-refractivity contribution is -0.117. The third kappa shape index (κ3) is 5.70. The number of hydrogen-bond acceptors (Lipinski definition) is 6. The minimum absolute atomic E-state index is 0.0267. The summed E-state index contributed by atoms with van der Waals surface area (Å²) < 4.78 is 5.81. The first-order valence-corrected chi connectivity index (χ1v) is 10.9. The van der Waals surface area contributed by atoms with E-state index in [2.05, 4.69) is 32.2 Å². The van der Waals surface area contributed by atoms with Gasteiger partial charge in [0.15, 0.2) is 0 Å². The molecular formula is C23H26ClN5O2. The lowest BCUT2D eigenvalue weighted by Gasteiger charge is -2.33. The van der Waals surface area contributed by atoms with Crippen LogP contribution in [0.3, 0.4) is 0 Å². The zero-order chi connectivity index (χ0) is 21.6. The molecule has 31 heavy (non-hydrogen) atoms. The number of piperazine rings is 1. The highest BCUT2D eigenvalue weighted by Crippen LogP contribution is 2.21. The van der Waals surface area contributed by atoms with Crippen molar-refractivity contribution in [2.24, 2.45) is 0 Å². The van der Waals surface area contributed by atoms with Crippen LogP contribution < -0.4 is 5.32 Å². The van der Waals surface area contributed by atoms with Gasteiger partial charge < -0.3 is 9.73 Å². The van der Waals surface area contributed by atoms with Gasteiger partial charge in [0.25, 0.3) is 0 Å². The standard InChI is InChI=1S/C23H26ClN5O2/c1-2-17-5-3-4-6-20(17)25-21(30)15-28-11-13-29(14-12-28)16-22-26-27-23(31-22)18-7-9-19(24)10-8-18/h3-10H,2,11-16H2,1H3,(H,25,30). The van der Waals surface area contributed by atoms with Gasteiger partial charge in [0.05, 0.1) is 13.1 Å². The highest BCUT2D eigenvalue weighted by Gasteiger charge is 2.21. The summed E-state index contributed by atoms with van der Waals surface area (Å²) in [6.45, 7) is 6.42. The molecule has 1 saturated heterocycles. The van der Waals surface area contributed by atoms with Crippen molar-refractivity contribution in [3.63, 3.8) is 0 Å². The van der Waals surface area contributed by atoms with Crippen LogP contribution in [0.25, 0.3) is 11.5 Å². The van der Waals surface area contributed by atoms with Gasteiger partial charge in [0.2, 0.25) is 17.7 Å². The third-order valence-electron chi connectivity index (χ3n) is 5.42. The number of anilines is 1. The van der Waals surface area contributed by atoms with Gasteiger partial charge in [-0.05, 0) is 42.3 Å². The van der Waals surface area contributed by atoms with E-state index in [4.69, 9.17) is 16.0 Å². The molecule has 2 heterocycles. The molecule has 0 atom stereocenters. The molecular weight excluding hydrogens is 414 g/mol. The Morgan fingerprint density at radius 3 is 2.48 bits per heavy atom. The Kier molecular flexibility index (Phi) is 6.96. The minimum Gasteiger partial charge on any atom is -0.419 e. The Morgan fingerprint density at radius 2 is 1.74 bits per heavy atom. The zero-order valence-electron chi connectivity index (χ0n) is 17.6. The number of nitrogens with one attached hydrogen (secondary N) is 1. The predicted octanol–water partition coefficient (Wildman–Crippen LogP) is 3.71. The Labute approximate surface area is 187 Å². The van der Waals surface area contributed by atoms with Gasteiger partial charge >= 0.3 is 0 Å². The monoisotopic (exact) mass is 439 g/mol. The van der Waals surface area contributed by atoms with Crippen LogP contribution in [0.1, 0.15) is 18.4 Å². The van der Waals surface area contributed by atoms with Crippen LogP contribution in [-0.2, 0) is 17.8 Å². The van der Waals surface area contributed by atoms with Crippen molar-refractivity contribution >= 4 is 23.2 Å². The van der Waals surface area contributed by atoms with E-state index in [-0.39, 0.29) is 5.91 Å². The number of nitrogens with zero attached hydrogens (tertiary/aromatic N) is 4. The second-order valence-corrected chi connectivity index (χ2v) is 8.06. The van der Waals surface area contributed by atoms with E-state index >= 15 is 0 Å². The normalized spacial score (nSPS) is 15.2. The van der Waals surface area contributed by atoms with Crippen molar-refractivity contribution in [2.45, 2.75) is 19.9 Å².